The summed E-state index contributed by atoms with van der Waals surface area (Å²) in [5, 5.41) is 0. The van der Waals surface area contributed by atoms with Crippen LogP contribution in [-0.2, 0) is 0 Å². The van der Waals surface area contributed by atoms with Crippen LogP contribution in [0.3, 0.4) is 0 Å². The molecule has 0 atom stereocenters. The molecule has 0 radical (unpaired) electrons. The van der Waals surface area contributed by atoms with E-state index in [-0.39, 0.29) is 5.91 Å². The Morgan fingerprint density at radius 2 is 1.55 bits per heavy atom. The predicted octanol–water partition coefficient (Wildman–Crippen LogP) is -0.384. The molecule has 0 unspecified atom stereocenters. The molecule has 0 aromatic carbocycles. The molecule has 0 N–H and O–H groups in total. The smallest absolute Gasteiger partial charge is 0.272 e. The van der Waals surface area contributed by atoms with Gasteiger partial charge in [0.15, 0.2) is 0 Å². The van der Waals surface area contributed by atoms with Crippen LogP contribution < -0.4 is 4.90 Å². The van der Waals surface area contributed by atoms with Gasteiger partial charge in [0.2, 0.25) is 5.95 Å². The molecule has 2 fully saturated rings. The summed E-state index contributed by atoms with van der Waals surface area (Å²) in [6.07, 6.45) is 1.70. The molecule has 2 aliphatic rings. The molecule has 22 heavy (non-hydrogen) atoms. The number of rotatable bonds is 2. The van der Waals surface area contributed by atoms with Gasteiger partial charge in [0, 0.05) is 58.6 Å². The summed E-state index contributed by atoms with van der Waals surface area (Å²) < 4.78 is 0. The van der Waals surface area contributed by atoms with E-state index in [0.717, 1.165) is 52.4 Å². The van der Waals surface area contributed by atoms with E-state index in [9.17, 15) is 4.79 Å². The Morgan fingerprint density at radius 1 is 0.955 bits per heavy atom. The van der Waals surface area contributed by atoms with E-state index in [0.29, 0.717) is 11.6 Å². The maximum Gasteiger partial charge on any atom is 0.272 e. The maximum atomic E-state index is 12.6. The molecule has 120 valence electrons. The van der Waals surface area contributed by atoms with Gasteiger partial charge in [0.05, 0.1) is 0 Å². The number of piperazine rings is 2. The maximum absolute atomic E-state index is 12.6. The Morgan fingerprint density at radius 3 is 2.18 bits per heavy atom. The van der Waals surface area contributed by atoms with Crippen LogP contribution in [0.15, 0.2) is 12.3 Å². The van der Waals surface area contributed by atoms with E-state index in [2.05, 4.69) is 38.8 Å². The Hall–Kier alpha value is -1.73. The van der Waals surface area contributed by atoms with E-state index < -0.39 is 0 Å². The lowest BCUT2D eigenvalue weighted by atomic mass is 10.3. The molecular formula is C15H24N6O. The first-order valence-electron chi connectivity index (χ1n) is 7.88. The van der Waals surface area contributed by atoms with Crippen LogP contribution in [0.5, 0.6) is 0 Å². The fraction of sp³-hybridized carbons (Fsp3) is 0.667. The fourth-order valence-corrected chi connectivity index (χ4v) is 2.80. The zero-order valence-electron chi connectivity index (χ0n) is 13.4. The highest BCUT2D eigenvalue weighted by atomic mass is 16.2. The third-order valence-corrected chi connectivity index (χ3v) is 4.44. The number of aromatic nitrogens is 2. The van der Waals surface area contributed by atoms with Crippen LogP contribution in [-0.4, -0.2) is 97.0 Å². The van der Waals surface area contributed by atoms with Crippen LogP contribution in [0.4, 0.5) is 5.95 Å². The number of amides is 1. The number of hydrogen-bond donors (Lipinski definition) is 0. The van der Waals surface area contributed by atoms with Crippen LogP contribution in [0, 0.1) is 0 Å². The molecule has 1 aromatic rings. The SMILES string of the molecule is CN1CCN(C(=O)c2ccnc(N3CCN(C)CC3)n2)CC1. The molecule has 3 rings (SSSR count). The zero-order valence-corrected chi connectivity index (χ0v) is 13.4. The molecular weight excluding hydrogens is 280 g/mol. The van der Waals surface area contributed by atoms with Crippen molar-refractivity contribution in [3.8, 4) is 0 Å². The van der Waals surface area contributed by atoms with Crippen molar-refractivity contribution < 1.29 is 4.79 Å². The van der Waals surface area contributed by atoms with Gasteiger partial charge < -0.3 is 19.6 Å². The predicted molar refractivity (Wildman–Crippen MR) is 85.1 cm³/mol. The van der Waals surface area contributed by atoms with Crippen molar-refractivity contribution in [2.75, 3.05) is 71.4 Å². The van der Waals surface area contributed by atoms with E-state index in [1.165, 1.54) is 0 Å². The minimum atomic E-state index is 0.0193. The number of carbonyl (C=O) groups is 1. The molecule has 0 aliphatic carbocycles. The minimum Gasteiger partial charge on any atom is -0.338 e. The second-order valence-corrected chi connectivity index (χ2v) is 6.13. The van der Waals surface area contributed by atoms with Gasteiger partial charge >= 0.3 is 0 Å². The zero-order chi connectivity index (χ0) is 15.5. The van der Waals surface area contributed by atoms with Crippen molar-refractivity contribution in [1.82, 2.24) is 24.7 Å². The Bertz CT molecular complexity index is 521. The highest BCUT2D eigenvalue weighted by Crippen LogP contribution is 2.12. The Kier molecular flexibility index (Phi) is 4.54. The summed E-state index contributed by atoms with van der Waals surface area (Å²) >= 11 is 0. The number of nitrogens with zero attached hydrogens (tertiary/aromatic N) is 6. The molecule has 1 amide bonds. The molecule has 3 heterocycles. The van der Waals surface area contributed by atoms with Gasteiger partial charge in [-0.1, -0.05) is 0 Å². The summed E-state index contributed by atoms with van der Waals surface area (Å²) in [7, 11) is 4.20. The van der Waals surface area contributed by atoms with Gasteiger partial charge in [-0.15, -0.1) is 0 Å². The highest BCUT2D eigenvalue weighted by Gasteiger charge is 2.23. The minimum absolute atomic E-state index is 0.0193. The first kappa shape index (κ1) is 15.2. The average molecular weight is 304 g/mol. The highest BCUT2D eigenvalue weighted by molar-refractivity contribution is 5.92. The lowest BCUT2D eigenvalue weighted by molar-refractivity contribution is 0.0658. The van der Waals surface area contributed by atoms with Crippen LogP contribution in [0.2, 0.25) is 0 Å². The Balaban J connectivity index is 1.69. The van der Waals surface area contributed by atoms with E-state index in [4.69, 9.17) is 0 Å². The van der Waals surface area contributed by atoms with Crippen molar-refractivity contribution in [1.29, 1.82) is 0 Å². The van der Waals surface area contributed by atoms with Crippen molar-refractivity contribution in [2.45, 2.75) is 0 Å². The molecule has 0 spiro atoms. The van der Waals surface area contributed by atoms with Crippen molar-refractivity contribution in [3.05, 3.63) is 18.0 Å². The van der Waals surface area contributed by atoms with E-state index in [1.807, 2.05) is 4.90 Å². The fourth-order valence-electron chi connectivity index (χ4n) is 2.80. The summed E-state index contributed by atoms with van der Waals surface area (Å²) in [5.41, 5.74) is 0.508. The topological polar surface area (TPSA) is 55.8 Å². The lowest BCUT2D eigenvalue weighted by Gasteiger charge is -2.33. The molecule has 2 saturated heterocycles. The quantitative estimate of drug-likeness (QED) is 0.742. The number of anilines is 1. The number of hydrogen-bond acceptors (Lipinski definition) is 6. The second kappa shape index (κ2) is 6.58. The summed E-state index contributed by atoms with van der Waals surface area (Å²) in [6.45, 7) is 7.18. The van der Waals surface area contributed by atoms with Gasteiger partial charge in [-0.3, -0.25) is 4.79 Å². The van der Waals surface area contributed by atoms with Crippen LogP contribution >= 0.6 is 0 Å². The number of carbonyl (C=O) groups excluding carboxylic acids is 1. The lowest BCUT2D eigenvalue weighted by Crippen LogP contribution is -2.47. The van der Waals surface area contributed by atoms with Crippen LogP contribution in [0.1, 0.15) is 10.5 Å². The molecule has 0 saturated carbocycles. The average Bonchev–Trinajstić information content (AvgIpc) is 2.56. The third-order valence-electron chi connectivity index (χ3n) is 4.44. The van der Waals surface area contributed by atoms with Crippen molar-refractivity contribution in [3.63, 3.8) is 0 Å². The molecule has 7 nitrogen and oxygen atoms in total. The molecule has 0 bridgehead atoms. The van der Waals surface area contributed by atoms with Crippen molar-refractivity contribution >= 4 is 11.9 Å². The molecule has 2 aliphatic heterocycles. The third kappa shape index (κ3) is 3.36. The Labute approximate surface area is 131 Å². The van der Waals surface area contributed by atoms with Gasteiger partial charge in [-0.25, -0.2) is 9.97 Å². The van der Waals surface area contributed by atoms with Gasteiger partial charge in [-0.2, -0.15) is 0 Å². The first-order valence-corrected chi connectivity index (χ1v) is 7.88. The summed E-state index contributed by atoms with van der Waals surface area (Å²) in [6, 6.07) is 1.72. The molecule has 7 heteroatoms. The largest absolute Gasteiger partial charge is 0.338 e. The van der Waals surface area contributed by atoms with Crippen LogP contribution in [0.25, 0.3) is 0 Å². The normalized spacial score (nSPS) is 21.2. The van der Waals surface area contributed by atoms with Gasteiger partial charge in [0.25, 0.3) is 5.91 Å². The van der Waals surface area contributed by atoms with Crippen molar-refractivity contribution in [2.24, 2.45) is 0 Å². The van der Waals surface area contributed by atoms with Gasteiger partial charge in [0.1, 0.15) is 5.69 Å². The second-order valence-electron chi connectivity index (χ2n) is 6.13. The molecule has 1 aromatic heterocycles. The summed E-state index contributed by atoms with van der Waals surface area (Å²) in [4.78, 5) is 30.0. The standard InChI is InChI=1S/C15H24N6O/c1-18-5-9-20(10-6-18)14(22)13-3-4-16-15(17-13)21-11-7-19(2)8-12-21/h3-4H,5-12H2,1-2H3. The van der Waals surface area contributed by atoms with E-state index >= 15 is 0 Å². The first-order chi connectivity index (χ1) is 10.6. The summed E-state index contributed by atoms with van der Waals surface area (Å²) in [5.74, 6) is 0.693. The van der Waals surface area contributed by atoms with E-state index in [1.54, 1.807) is 12.3 Å². The van der Waals surface area contributed by atoms with Gasteiger partial charge in [-0.05, 0) is 20.2 Å². The monoisotopic (exact) mass is 304 g/mol. The number of likely N-dealkylation sites (N-methyl/N-ethyl adjacent to an activating group) is 2.